The van der Waals surface area contributed by atoms with Crippen LogP contribution in [0.2, 0.25) is 5.15 Å². The lowest BCUT2D eigenvalue weighted by Gasteiger charge is -2.04. The van der Waals surface area contributed by atoms with Crippen molar-refractivity contribution >= 4 is 24.0 Å². The van der Waals surface area contributed by atoms with Gasteiger partial charge in [-0.1, -0.05) is 24.6 Å². The first-order valence-electron chi connectivity index (χ1n) is 5.07. The normalized spacial score (nSPS) is 23.3. The highest BCUT2D eigenvalue weighted by Gasteiger charge is 2.31. The van der Waals surface area contributed by atoms with Crippen LogP contribution in [0.5, 0.6) is 0 Å². The number of pyridine rings is 1. The van der Waals surface area contributed by atoms with Gasteiger partial charge in [-0.15, -0.1) is 12.4 Å². The Labute approximate surface area is 102 Å². The topological polar surface area (TPSA) is 24.9 Å². The fourth-order valence-electron chi connectivity index (χ4n) is 1.63. The molecule has 0 spiro atoms. The zero-order chi connectivity index (χ0) is 9.97. The van der Waals surface area contributed by atoms with Crippen LogP contribution in [-0.2, 0) is 6.54 Å². The Hall–Kier alpha value is -0.310. The average Bonchev–Trinajstić information content (AvgIpc) is 2.86. The molecule has 1 aromatic heterocycles. The van der Waals surface area contributed by atoms with Crippen LogP contribution in [0.1, 0.15) is 18.9 Å². The number of aromatic nitrogens is 1. The van der Waals surface area contributed by atoms with Crippen molar-refractivity contribution in [2.24, 2.45) is 11.8 Å². The lowest BCUT2D eigenvalue weighted by molar-refractivity contribution is 0.611. The number of nitrogens with zero attached hydrogens (tertiary/aromatic N) is 1. The molecule has 1 aromatic rings. The highest BCUT2D eigenvalue weighted by molar-refractivity contribution is 6.30. The predicted molar refractivity (Wildman–Crippen MR) is 65.5 cm³/mol. The summed E-state index contributed by atoms with van der Waals surface area (Å²) in [5, 5.41) is 4.03. The molecular weight excluding hydrogens is 231 g/mol. The lowest BCUT2D eigenvalue weighted by Crippen LogP contribution is -2.17. The summed E-state index contributed by atoms with van der Waals surface area (Å²) in [6.45, 7) is 4.23. The first-order valence-corrected chi connectivity index (χ1v) is 5.45. The van der Waals surface area contributed by atoms with Crippen molar-refractivity contribution in [3.8, 4) is 0 Å². The molecule has 15 heavy (non-hydrogen) atoms. The van der Waals surface area contributed by atoms with E-state index in [0.717, 1.165) is 30.5 Å². The van der Waals surface area contributed by atoms with Gasteiger partial charge in [0, 0.05) is 18.3 Å². The molecule has 1 aliphatic rings. The Morgan fingerprint density at radius 3 is 2.93 bits per heavy atom. The van der Waals surface area contributed by atoms with Gasteiger partial charge in [0.05, 0.1) is 0 Å². The zero-order valence-corrected chi connectivity index (χ0v) is 10.3. The zero-order valence-electron chi connectivity index (χ0n) is 8.74. The van der Waals surface area contributed by atoms with Crippen LogP contribution in [0.4, 0.5) is 0 Å². The molecule has 4 heteroatoms. The van der Waals surface area contributed by atoms with Crippen molar-refractivity contribution in [3.63, 3.8) is 0 Å². The van der Waals surface area contributed by atoms with Gasteiger partial charge in [0.15, 0.2) is 0 Å². The molecule has 1 fully saturated rings. The van der Waals surface area contributed by atoms with E-state index in [1.165, 1.54) is 6.42 Å². The second-order valence-corrected chi connectivity index (χ2v) is 4.42. The third-order valence-corrected chi connectivity index (χ3v) is 3.17. The quantitative estimate of drug-likeness (QED) is 0.827. The predicted octanol–water partition coefficient (Wildman–Crippen LogP) is 2.90. The molecule has 2 atom stereocenters. The highest BCUT2D eigenvalue weighted by atomic mass is 35.5. The molecule has 0 radical (unpaired) electrons. The van der Waals surface area contributed by atoms with E-state index in [1.807, 2.05) is 12.1 Å². The molecule has 84 valence electrons. The van der Waals surface area contributed by atoms with Gasteiger partial charge in [0.2, 0.25) is 0 Å². The van der Waals surface area contributed by atoms with E-state index in [9.17, 15) is 0 Å². The van der Waals surface area contributed by atoms with E-state index in [0.29, 0.717) is 5.15 Å². The molecule has 0 amide bonds. The third-order valence-electron chi connectivity index (χ3n) is 2.83. The van der Waals surface area contributed by atoms with Gasteiger partial charge in [0.25, 0.3) is 0 Å². The first kappa shape index (κ1) is 12.8. The summed E-state index contributed by atoms with van der Waals surface area (Å²) in [5.74, 6) is 1.79. The van der Waals surface area contributed by atoms with E-state index < -0.39 is 0 Å². The summed E-state index contributed by atoms with van der Waals surface area (Å²) >= 11 is 5.93. The molecule has 1 N–H and O–H groups in total. The minimum absolute atomic E-state index is 0. The monoisotopic (exact) mass is 246 g/mol. The summed E-state index contributed by atoms with van der Waals surface area (Å²) in [5.41, 5.74) is 1.09. The smallest absolute Gasteiger partial charge is 0.133 e. The molecule has 0 bridgehead atoms. The molecule has 1 saturated carbocycles. The number of halogens is 2. The molecule has 1 heterocycles. The van der Waals surface area contributed by atoms with E-state index in [4.69, 9.17) is 11.6 Å². The fraction of sp³-hybridized carbons (Fsp3) is 0.545. The SMILES string of the molecule is CC1CC1CNCc1cccnc1Cl.Cl. The average molecular weight is 247 g/mol. The first-order chi connectivity index (χ1) is 6.77. The van der Waals surface area contributed by atoms with E-state index >= 15 is 0 Å². The van der Waals surface area contributed by atoms with Gasteiger partial charge in [0.1, 0.15) is 5.15 Å². The Morgan fingerprint density at radius 2 is 2.33 bits per heavy atom. The lowest BCUT2D eigenvalue weighted by atomic mass is 10.2. The second-order valence-electron chi connectivity index (χ2n) is 4.06. The second kappa shape index (κ2) is 5.69. The van der Waals surface area contributed by atoms with Gasteiger partial charge in [-0.05, 0) is 30.9 Å². The summed E-state index contributed by atoms with van der Waals surface area (Å²) in [6, 6.07) is 3.93. The molecule has 0 aliphatic heterocycles. The van der Waals surface area contributed by atoms with Crippen molar-refractivity contribution in [1.82, 2.24) is 10.3 Å². The van der Waals surface area contributed by atoms with Crippen LogP contribution in [0, 0.1) is 11.8 Å². The van der Waals surface area contributed by atoms with Crippen LogP contribution in [-0.4, -0.2) is 11.5 Å². The summed E-state index contributed by atoms with van der Waals surface area (Å²) in [7, 11) is 0. The number of nitrogens with one attached hydrogen (secondary N) is 1. The van der Waals surface area contributed by atoms with Gasteiger partial charge in [-0.25, -0.2) is 4.98 Å². The number of hydrogen-bond acceptors (Lipinski definition) is 2. The molecule has 0 aromatic carbocycles. The number of hydrogen-bond donors (Lipinski definition) is 1. The van der Waals surface area contributed by atoms with Gasteiger partial charge in [-0.2, -0.15) is 0 Å². The molecule has 0 saturated heterocycles. The number of rotatable bonds is 4. The van der Waals surface area contributed by atoms with Crippen molar-refractivity contribution in [3.05, 3.63) is 29.0 Å². The van der Waals surface area contributed by atoms with Crippen LogP contribution < -0.4 is 5.32 Å². The molecule has 2 nitrogen and oxygen atoms in total. The molecular formula is C11H16Cl2N2. The molecule has 1 aliphatic carbocycles. The van der Waals surface area contributed by atoms with Crippen molar-refractivity contribution in [2.45, 2.75) is 19.9 Å². The Kier molecular flexibility index (Phi) is 4.84. The maximum absolute atomic E-state index is 5.93. The standard InChI is InChI=1S/C11H15ClN2.ClH/c1-8-5-10(8)7-13-6-9-3-2-4-14-11(9)12;/h2-4,8,10,13H,5-7H2,1H3;1H. The Bertz CT molecular complexity index is 317. The van der Waals surface area contributed by atoms with Gasteiger partial charge >= 0.3 is 0 Å². The minimum atomic E-state index is 0. The largest absolute Gasteiger partial charge is 0.312 e. The Morgan fingerprint density at radius 1 is 1.60 bits per heavy atom. The van der Waals surface area contributed by atoms with Gasteiger partial charge < -0.3 is 5.32 Å². The van der Waals surface area contributed by atoms with Crippen molar-refractivity contribution < 1.29 is 0 Å². The molecule has 2 rings (SSSR count). The highest BCUT2D eigenvalue weighted by Crippen LogP contribution is 2.36. The van der Waals surface area contributed by atoms with Crippen molar-refractivity contribution in [2.75, 3.05) is 6.54 Å². The maximum Gasteiger partial charge on any atom is 0.133 e. The van der Waals surface area contributed by atoms with E-state index in [1.54, 1.807) is 6.20 Å². The summed E-state index contributed by atoms with van der Waals surface area (Å²) < 4.78 is 0. The molecule has 2 unspecified atom stereocenters. The van der Waals surface area contributed by atoms with Crippen LogP contribution in [0.25, 0.3) is 0 Å². The summed E-state index contributed by atoms with van der Waals surface area (Å²) in [4.78, 5) is 4.03. The van der Waals surface area contributed by atoms with E-state index in [-0.39, 0.29) is 12.4 Å². The van der Waals surface area contributed by atoms with Crippen LogP contribution in [0.15, 0.2) is 18.3 Å². The Balaban J connectivity index is 0.00000112. The third kappa shape index (κ3) is 3.63. The van der Waals surface area contributed by atoms with Gasteiger partial charge in [-0.3, -0.25) is 0 Å². The van der Waals surface area contributed by atoms with Crippen LogP contribution >= 0.6 is 24.0 Å². The summed E-state index contributed by atoms with van der Waals surface area (Å²) in [6.07, 6.45) is 3.09. The fourth-order valence-corrected chi connectivity index (χ4v) is 1.81. The van der Waals surface area contributed by atoms with E-state index in [2.05, 4.69) is 17.2 Å². The van der Waals surface area contributed by atoms with Crippen LogP contribution in [0.3, 0.4) is 0 Å². The minimum Gasteiger partial charge on any atom is -0.312 e. The van der Waals surface area contributed by atoms with Crippen molar-refractivity contribution in [1.29, 1.82) is 0 Å². The maximum atomic E-state index is 5.93.